The number of nitrogens with zero attached hydrogens (tertiary/aromatic N) is 6. The molecule has 1 saturated heterocycles. The SMILES string of the molecule is Cn1cnnc1C1CCN(c2c(C#N)cccc2-c2cnccc2Cl)CC1. The summed E-state index contributed by atoms with van der Waals surface area (Å²) in [6.45, 7) is 1.70. The van der Waals surface area contributed by atoms with E-state index in [-0.39, 0.29) is 0 Å². The second-order valence-corrected chi connectivity index (χ2v) is 7.14. The van der Waals surface area contributed by atoms with Gasteiger partial charge in [0.15, 0.2) is 0 Å². The molecule has 1 aromatic carbocycles. The number of aryl methyl sites for hydroxylation is 1. The molecule has 0 bridgehead atoms. The van der Waals surface area contributed by atoms with E-state index in [2.05, 4.69) is 26.2 Å². The number of benzene rings is 1. The van der Waals surface area contributed by atoms with E-state index in [4.69, 9.17) is 11.6 Å². The van der Waals surface area contributed by atoms with Crippen molar-refractivity contribution in [1.82, 2.24) is 19.7 Å². The van der Waals surface area contributed by atoms with Gasteiger partial charge in [-0.15, -0.1) is 10.2 Å². The Labute approximate surface area is 163 Å². The van der Waals surface area contributed by atoms with E-state index < -0.39 is 0 Å². The van der Waals surface area contributed by atoms with Crippen LogP contribution in [0.5, 0.6) is 0 Å². The Morgan fingerprint density at radius 3 is 2.67 bits per heavy atom. The van der Waals surface area contributed by atoms with Crippen LogP contribution in [0.15, 0.2) is 43.0 Å². The number of hydrogen-bond donors (Lipinski definition) is 0. The number of aromatic nitrogens is 4. The highest BCUT2D eigenvalue weighted by Crippen LogP contribution is 2.39. The van der Waals surface area contributed by atoms with E-state index in [0.29, 0.717) is 16.5 Å². The predicted molar refractivity (Wildman–Crippen MR) is 105 cm³/mol. The molecular formula is C20H19ClN6. The molecule has 0 radical (unpaired) electrons. The van der Waals surface area contributed by atoms with Crippen molar-refractivity contribution in [2.75, 3.05) is 18.0 Å². The topological polar surface area (TPSA) is 70.6 Å². The summed E-state index contributed by atoms with van der Waals surface area (Å²) in [6, 6.07) is 9.88. The van der Waals surface area contributed by atoms with Crippen LogP contribution in [0.3, 0.4) is 0 Å². The number of anilines is 1. The smallest absolute Gasteiger partial charge is 0.135 e. The van der Waals surface area contributed by atoms with Gasteiger partial charge in [0.25, 0.3) is 0 Å². The third-order valence-electron chi connectivity index (χ3n) is 5.14. The second-order valence-electron chi connectivity index (χ2n) is 6.73. The zero-order valence-corrected chi connectivity index (χ0v) is 15.8. The summed E-state index contributed by atoms with van der Waals surface area (Å²) >= 11 is 6.41. The summed E-state index contributed by atoms with van der Waals surface area (Å²) < 4.78 is 1.99. The van der Waals surface area contributed by atoms with Crippen molar-refractivity contribution in [3.63, 3.8) is 0 Å². The molecule has 27 heavy (non-hydrogen) atoms. The van der Waals surface area contributed by atoms with Gasteiger partial charge in [0.1, 0.15) is 18.2 Å². The normalized spacial score (nSPS) is 14.9. The molecule has 0 aliphatic carbocycles. The van der Waals surface area contributed by atoms with Crippen LogP contribution in [0.4, 0.5) is 5.69 Å². The molecule has 2 aromatic heterocycles. The molecule has 3 heterocycles. The molecule has 0 amide bonds. The van der Waals surface area contributed by atoms with Crippen LogP contribution in [0.25, 0.3) is 11.1 Å². The quantitative estimate of drug-likeness (QED) is 0.693. The summed E-state index contributed by atoms with van der Waals surface area (Å²) in [5.74, 6) is 1.41. The standard InChI is InChI=1S/C20H19ClN6/c1-26-13-24-25-20(26)14-6-9-27(10-7-14)19-15(11-22)3-2-4-16(19)17-12-23-8-5-18(17)21/h2-5,8,12-14H,6-7,9-10H2,1H3. The number of para-hydroxylation sites is 1. The number of rotatable bonds is 3. The summed E-state index contributed by atoms with van der Waals surface area (Å²) in [7, 11) is 1.98. The first-order valence-electron chi connectivity index (χ1n) is 8.91. The molecule has 0 spiro atoms. The molecule has 0 atom stereocenters. The van der Waals surface area contributed by atoms with Gasteiger partial charge < -0.3 is 9.47 Å². The first-order chi connectivity index (χ1) is 13.2. The van der Waals surface area contributed by atoms with Gasteiger partial charge in [0, 0.05) is 49.6 Å². The third kappa shape index (κ3) is 3.26. The minimum Gasteiger partial charge on any atom is -0.370 e. The van der Waals surface area contributed by atoms with Gasteiger partial charge in [-0.2, -0.15) is 5.26 Å². The molecule has 0 N–H and O–H groups in total. The first-order valence-corrected chi connectivity index (χ1v) is 9.28. The zero-order chi connectivity index (χ0) is 18.8. The number of pyridine rings is 1. The summed E-state index contributed by atoms with van der Waals surface area (Å²) in [5, 5.41) is 18.6. The van der Waals surface area contributed by atoms with Crippen molar-refractivity contribution in [3.05, 3.63) is 59.4 Å². The Bertz CT molecular complexity index is 998. The lowest BCUT2D eigenvalue weighted by Crippen LogP contribution is -2.34. The average molecular weight is 379 g/mol. The molecular weight excluding hydrogens is 360 g/mol. The molecule has 3 aromatic rings. The van der Waals surface area contributed by atoms with Gasteiger partial charge in [0.05, 0.1) is 16.3 Å². The molecule has 0 saturated carbocycles. The maximum Gasteiger partial charge on any atom is 0.135 e. The highest BCUT2D eigenvalue weighted by atomic mass is 35.5. The number of hydrogen-bond acceptors (Lipinski definition) is 5. The maximum atomic E-state index is 9.68. The Balaban J connectivity index is 1.67. The Hall–Kier alpha value is -2.91. The Kier molecular flexibility index (Phi) is 4.78. The van der Waals surface area contributed by atoms with Crippen molar-refractivity contribution in [1.29, 1.82) is 5.26 Å². The molecule has 6 nitrogen and oxygen atoms in total. The van der Waals surface area contributed by atoms with Crippen molar-refractivity contribution < 1.29 is 0 Å². The predicted octanol–water partition coefficient (Wildman–Crippen LogP) is 3.79. The highest BCUT2D eigenvalue weighted by molar-refractivity contribution is 6.33. The second kappa shape index (κ2) is 7.37. The Morgan fingerprint density at radius 2 is 2.00 bits per heavy atom. The summed E-state index contributed by atoms with van der Waals surface area (Å²) in [5.41, 5.74) is 3.39. The lowest BCUT2D eigenvalue weighted by Gasteiger charge is -2.35. The van der Waals surface area contributed by atoms with Crippen molar-refractivity contribution in [2.45, 2.75) is 18.8 Å². The van der Waals surface area contributed by atoms with Crippen LogP contribution < -0.4 is 4.90 Å². The fourth-order valence-electron chi connectivity index (χ4n) is 3.79. The summed E-state index contributed by atoms with van der Waals surface area (Å²) in [6.07, 6.45) is 7.11. The average Bonchev–Trinajstić information content (AvgIpc) is 3.14. The maximum absolute atomic E-state index is 9.68. The fraction of sp³-hybridized carbons (Fsp3) is 0.300. The lowest BCUT2D eigenvalue weighted by atomic mass is 9.93. The van der Waals surface area contributed by atoms with Crippen LogP contribution in [0, 0.1) is 11.3 Å². The van der Waals surface area contributed by atoms with Gasteiger partial charge in [-0.3, -0.25) is 4.98 Å². The third-order valence-corrected chi connectivity index (χ3v) is 5.47. The van der Waals surface area contributed by atoms with Gasteiger partial charge in [0.2, 0.25) is 0 Å². The highest BCUT2D eigenvalue weighted by Gasteiger charge is 2.27. The minimum absolute atomic E-state index is 0.383. The monoisotopic (exact) mass is 378 g/mol. The number of halogens is 1. The number of piperidine rings is 1. The van der Waals surface area contributed by atoms with Crippen molar-refractivity contribution >= 4 is 17.3 Å². The van der Waals surface area contributed by atoms with E-state index in [1.54, 1.807) is 24.8 Å². The van der Waals surface area contributed by atoms with Gasteiger partial charge in [-0.25, -0.2) is 0 Å². The molecule has 1 fully saturated rings. The van der Waals surface area contributed by atoms with E-state index in [9.17, 15) is 5.26 Å². The molecule has 1 aliphatic rings. The van der Waals surface area contributed by atoms with E-state index >= 15 is 0 Å². The molecule has 7 heteroatoms. The van der Waals surface area contributed by atoms with Crippen LogP contribution in [-0.2, 0) is 7.05 Å². The van der Waals surface area contributed by atoms with Crippen molar-refractivity contribution in [2.24, 2.45) is 7.05 Å². The molecule has 4 rings (SSSR count). The van der Waals surface area contributed by atoms with Crippen LogP contribution >= 0.6 is 11.6 Å². The van der Waals surface area contributed by atoms with Crippen LogP contribution in [0.1, 0.15) is 30.1 Å². The zero-order valence-electron chi connectivity index (χ0n) is 15.0. The van der Waals surface area contributed by atoms with Gasteiger partial charge in [-0.05, 0) is 25.0 Å². The largest absolute Gasteiger partial charge is 0.370 e. The van der Waals surface area contributed by atoms with E-state index in [1.807, 2.05) is 29.8 Å². The number of nitriles is 1. The van der Waals surface area contributed by atoms with Crippen molar-refractivity contribution in [3.8, 4) is 17.2 Å². The molecule has 1 aliphatic heterocycles. The van der Waals surface area contributed by atoms with Gasteiger partial charge >= 0.3 is 0 Å². The summed E-state index contributed by atoms with van der Waals surface area (Å²) in [4.78, 5) is 6.50. The molecule has 136 valence electrons. The molecule has 0 unspecified atom stereocenters. The van der Waals surface area contributed by atoms with E-state index in [0.717, 1.165) is 48.6 Å². The van der Waals surface area contributed by atoms with Crippen LogP contribution in [0.2, 0.25) is 5.02 Å². The Morgan fingerprint density at radius 1 is 1.19 bits per heavy atom. The fourth-order valence-corrected chi connectivity index (χ4v) is 4.00. The van der Waals surface area contributed by atoms with Gasteiger partial charge in [-0.1, -0.05) is 23.7 Å². The first kappa shape index (κ1) is 17.5. The lowest BCUT2D eigenvalue weighted by molar-refractivity contribution is 0.474. The van der Waals surface area contributed by atoms with E-state index in [1.165, 1.54) is 0 Å². The van der Waals surface area contributed by atoms with Crippen LogP contribution in [-0.4, -0.2) is 32.8 Å². The minimum atomic E-state index is 0.383.